The Morgan fingerprint density at radius 1 is 1.47 bits per heavy atom. The van der Waals surface area contributed by atoms with Gasteiger partial charge in [0.1, 0.15) is 5.75 Å². The lowest BCUT2D eigenvalue weighted by Crippen LogP contribution is -2.26. The summed E-state index contributed by atoms with van der Waals surface area (Å²) in [4.78, 5) is 22.4. The van der Waals surface area contributed by atoms with Crippen LogP contribution in [-0.2, 0) is 9.53 Å². The van der Waals surface area contributed by atoms with Gasteiger partial charge in [-0.15, -0.1) is 0 Å². The van der Waals surface area contributed by atoms with E-state index in [4.69, 9.17) is 11.6 Å². The van der Waals surface area contributed by atoms with E-state index in [2.05, 4.69) is 10.1 Å². The Hall–Kier alpha value is -1.75. The number of hydrogen-bond donors (Lipinski definition) is 2. The number of benzene rings is 1. The lowest BCUT2D eigenvalue weighted by Gasteiger charge is -2.06. The van der Waals surface area contributed by atoms with Crippen LogP contribution in [0.1, 0.15) is 16.8 Å². The SMILES string of the molecule is COC(=O)CCNC(=O)c1cc(O)ccc1Cl. The first-order chi connectivity index (χ1) is 8.04. The van der Waals surface area contributed by atoms with E-state index in [9.17, 15) is 14.7 Å². The summed E-state index contributed by atoms with van der Waals surface area (Å²) in [5.74, 6) is -0.908. The molecular formula is C11H12ClNO4. The topological polar surface area (TPSA) is 75.6 Å². The van der Waals surface area contributed by atoms with Gasteiger partial charge < -0.3 is 15.2 Å². The van der Waals surface area contributed by atoms with E-state index in [1.54, 1.807) is 0 Å². The highest BCUT2D eigenvalue weighted by atomic mass is 35.5. The molecule has 0 spiro atoms. The third-order valence-electron chi connectivity index (χ3n) is 2.04. The van der Waals surface area contributed by atoms with E-state index in [1.165, 1.54) is 25.3 Å². The van der Waals surface area contributed by atoms with Crippen molar-refractivity contribution in [1.29, 1.82) is 0 Å². The zero-order chi connectivity index (χ0) is 12.8. The highest BCUT2D eigenvalue weighted by Gasteiger charge is 2.11. The van der Waals surface area contributed by atoms with Crippen LogP contribution >= 0.6 is 11.6 Å². The summed E-state index contributed by atoms with van der Waals surface area (Å²) in [5.41, 5.74) is 0.163. The molecule has 2 N–H and O–H groups in total. The van der Waals surface area contributed by atoms with Gasteiger partial charge in [0.25, 0.3) is 5.91 Å². The second-order valence-corrected chi connectivity index (χ2v) is 3.65. The molecule has 0 saturated heterocycles. The Morgan fingerprint density at radius 2 is 2.18 bits per heavy atom. The number of carbonyl (C=O) groups excluding carboxylic acids is 2. The predicted octanol–water partition coefficient (Wildman–Crippen LogP) is 1.34. The Kier molecular flexibility index (Phi) is 4.78. The number of esters is 1. The molecule has 0 aromatic heterocycles. The first-order valence-corrected chi connectivity index (χ1v) is 5.26. The summed E-state index contributed by atoms with van der Waals surface area (Å²) in [6.07, 6.45) is 0.0820. The van der Waals surface area contributed by atoms with Gasteiger partial charge in [0.15, 0.2) is 0 Å². The number of rotatable bonds is 4. The minimum Gasteiger partial charge on any atom is -0.508 e. The lowest BCUT2D eigenvalue weighted by atomic mass is 10.2. The van der Waals surface area contributed by atoms with E-state index in [-0.39, 0.29) is 29.3 Å². The Bertz CT molecular complexity index is 433. The van der Waals surface area contributed by atoms with Crippen molar-refractivity contribution < 1.29 is 19.4 Å². The molecule has 0 aliphatic heterocycles. The van der Waals surface area contributed by atoms with Gasteiger partial charge in [-0.2, -0.15) is 0 Å². The summed E-state index contributed by atoms with van der Waals surface area (Å²) in [7, 11) is 1.27. The Morgan fingerprint density at radius 3 is 2.82 bits per heavy atom. The van der Waals surface area contributed by atoms with Crippen LogP contribution in [0.3, 0.4) is 0 Å². The van der Waals surface area contributed by atoms with Crippen molar-refractivity contribution in [3.8, 4) is 5.75 Å². The smallest absolute Gasteiger partial charge is 0.307 e. The number of aromatic hydroxyl groups is 1. The zero-order valence-electron chi connectivity index (χ0n) is 9.20. The number of phenolic OH excluding ortho intramolecular Hbond substituents is 1. The van der Waals surface area contributed by atoms with Gasteiger partial charge >= 0.3 is 5.97 Å². The summed E-state index contributed by atoms with van der Waals surface area (Å²) < 4.78 is 4.42. The molecule has 92 valence electrons. The number of halogens is 1. The number of hydrogen-bond acceptors (Lipinski definition) is 4. The molecule has 0 saturated carbocycles. The van der Waals surface area contributed by atoms with Gasteiger partial charge in [-0.3, -0.25) is 9.59 Å². The van der Waals surface area contributed by atoms with Crippen LogP contribution in [-0.4, -0.2) is 30.6 Å². The molecule has 0 aliphatic carbocycles. The molecule has 0 radical (unpaired) electrons. The fourth-order valence-electron chi connectivity index (χ4n) is 1.16. The van der Waals surface area contributed by atoms with Gasteiger partial charge in [0.2, 0.25) is 0 Å². The first-order valence-electron chi connectivity index (χ1n) is 4.88. The van der Waals surface area contributed by atoms with Gasteiger partial charge in [-0.25, -0.2) is 0 Å². The minimum absolute atomic E-state index is 0.0486. The Balaban J connectivity index is 2.58. The Labute approximate surface area is 103 Å². The van der Waals surface area contributed by atoms with E-state index in [0.717, 1.165) is 0 Å². The third-order valence-corrected chi connectivity index (χ3v) is 2.37. The van der Waals surface area contributed by atoms with E-state index < -0.39 is 11.9 Å². The summed E-state index contributed by atoms with van der Waals surface area (Å²) in [6, 6.07) is 4.06. The number of amides is 1. The number of methoxy groups -OCH3 is 1. The van der Waals surface area contributed by atoms with Crippen molar-refractivity contribution in [2.45, 2.75) is 6.42 Å². The summed E-state index contributed by atoms with van der Waals surface area (Å²) >= 11 is 5.80. The molecule has 0 unspecified atom stereocenters. The lowest BCUT2D eigenvalue weighted by molar-refractivity contribution is -0.140. The zero-order valence-corrected chi connectivity index (χ0v) is 9.95. The average Bonchev–Trinajstić information content (AvgIpc) is 2.31. The third kappa shape index (κ3) is 3.96. The van der Waals surface area contributed by atoms with Crippen LogP contribution in [0, 0.1) is 0 Å². The van der Waals surface area contributed by atoms with E-state index in [0.29, 0.717) is 0 Å². The minimum atomic E-state index is -0.449. The molecule has 1 rings (SSSR count). The number of phenols is 1. The van der Waals surface area contributed by atoms with E-state index >= 15 is 0 Å². The van der Waals surface area contributed by atoms with Gasteiger partial charge in [-0.1, -0.05) is 11.6 Å². The van der Waals surface area contributed by atoms with Crippen molar-refractivity contribution in [1.82, 2.24) is 5.32 Å². The summed E-state index contributed by atoms with van der Waals surface area (Å²) in [6.45, 7) is 0.150. The van der Waals surface area contributed by atoms with E-state index in [1.807, 2.05) is 0 Å². The van der Waals surface area contributed by atoms with Crippen molar-refractivity contribution >= 4 is 23.5 Å². The van der Waals surface area contributed by atoms with Crippen LogP contribution in [0.2, 0.25) is 5.02 Å². The second-order valence-electron chi connectivity index (χ2n) is 3.25. The number of carbonyl (C=O) groups is 2. The quantitative estimate of drug-likeness (QED) is 0.798. The molecule has 17 heavy (non-hydrogen) atoms. The van der Waals surface area contributed by atoms with Crippen LogP contribution < -0.4 is 5.32 Å². The maximum atomic E-state index is 11.6. The molecule has 0 aliphatic rings. The molecular weight excluding hydrogens is 246 g/mol. The fourth-order valence-corrected chi connectivity index (χ4v) is 1.37. The maximum absolute atomic E-state index is 11.6. The first kappa shape index (κ1) is 13.3. The monoisotopic (exact) mass is 257 g/mol. The molecule has 1 amide bonds. The van der Waals surface area contributed by atoms with Gasteiger partial charge in [-0.05, 0) is 18.2 Å². The van der Waals surface area contributed by atoms with Crippen LogP contribution in [0.15, 0.2) is 18.2 Å². The molecule has 0 heterocycles. The highest BCUT2D eigenvalue weighted by molar-refractivity contribution is 6.33. The summed E-state index contributed by atoms with van der Waals surface area (Å²) in [5, 5.41) is 12.0. The molecule has 0 fully saturated rings. The normalized spacial score (nSPS) is 9.76. The number of ether oxygens (including phenoxy) is 1. The predicted molar refractivity (Wildman–Crippen MR) is 62.1 cm³/mol. The van der Waals surface area contributed by atoms with Gasteiger partial charge in [0, 0.05) is 6.54 Å². The molecule has 0 bridgehead atoms. The van der Waals surface area contributed by atoms with Crippen LogP contribution in [0.5, 0.6) is 5.75 Å². The largest absolute Gasteiger partial charge is 0.508 e. The van der Waals surface area contributed by atoms with Crippen molar-refractivity contribution in [2.24, 2.45) is 0 Å². The molecule has 5 nitrogen and oxygen atoms in total. The molecule has 6 heteroatoms. The molecule has 1 aromatic carbocycles. The van der Waals surface area contributed by atoms with Crippen molar-refractivity contribution in [2.75, 3.05) is 13.7 Å². The highest BCUT2D eigenvalue weighted by Crippen LogP contribution is 2.20. The molecule has 1 aromatic rings. The maximum Gasteiger partial charge on any atom is 0.307 e. The van der Waals surface area contributed by atoms with Crippen LogP contribution in [0.25, 0.3) is 0 Å². The van der Waals surface area contributed by atoms with Crippen molar-refractivity contribution in [3.63, 3.8) is 0 Å². The molecule has 0 atom stereocenters. The fraction of sp³-hybridized carbons (Fsp3) is 0.273. The second kappa shape index (κ2) is 6.10. The average molecular weight is 258 g/mol. The van der Waals surface area contributed by atoms with Crippen LogP contribution in [0.4, 0.5) is 0 Å². The standard InChI is InChI=1S/C11H12ClNO4/c1-17-10(15)4-5-13-11(16)8-6-7(14)2-3-9(8)12/h2-3,6,14H,4-5H2,1H3,(H,13,16). The number of nitrogens with one attached hydrogen (secondary N) is 1. The van der Waals surface area contributed by atoms with Crippen molar-refractivity contribution in [3.05, 3.63) is 28.8 Å². The van der Waals surface area contributed by atoms with Gasteiger partial charge in [0.05, 0.1) is 24.1 Å².